The molecule has 154 valence electrons. The van der Waals surface area contributed by atoms with Gasteiger partial charge in [-0.1, -0.05) is 18.2 Å². The standard InChI is InChI=1S/C24H22N6O/c25-13-16-1-3-17(4-2-16)18-5-7-19(8-6-18)30-23-12-20(29-15-22(23)24(26)31)11-21-14-27-9-10-28-21/h1-5,9-10,12,14-15,19H,6-8,11H2,(H2,26,31)(H,29,30). The van der Waals surface area contributed by atoms with E-state index in [-0.39, 0.29) is 6.04 Å². The smallest absolute Gasteiger partial charge is 0.252 e. The molecule has 0 saturated carbocycles. The number of anilines is 1. The van der Waals surface area contributed by atoms with Crippen LogP contribution < -0.4 is 11.1 Å². The monoisotopic (exact) mass is 410 g/mol. The molecule has 1 unspecified atom stereocenters. The van der Waals surface area contributed by atoms with Gasteiger partial charge in [0.05, 0.1) is 28.6 Å². The fraction of sp³-hybridized carbons (Fsp3) is 0.208. The normalized spacial score (nSPS) is 15.6. The summed E-state index contributed by atoms with van der Waals surface area (Å²) < 4.78 is 0. The number of pyridine rings is 1. The molecule has 7 nitrogen and oxygen atoms in total. The Morgan fingerprint density at radius 2 is 2.00 bits per heavy atom. The molecule has 2 aromatic heterocycles. The van der Waals surface area contributed by atoms with Gasteiger partial charge in [0.2, 0.25) is 0 Å². The molecule has 1 aliphatic carbocycles. The molecule has 0 aliphatic heterocycles. The van der Waals surface area contributed by atoms with E-state index in [2.05, 4.69) is 32.4 Å². The molecule has 1 aliphatic rings. The number of nitrogens with two attached hydrogens (primary N) is 1. The second-order valence-corrected chi connectivity index (χ2v) is 7.49. The second kappa shape index (κ2) is 9.18. The first-order valence-corrected chi connectivity index (χ1v) is 10.1. The van der Waals surface area contributed by atoms with Crippen molar-refractivity contribution in [2.24, 2.45) is 5.73 Å². The van der Waals surface area contributed by atoms with Crippen LogP contribution in [0.3, 0.4) is 0 Å². The maximum atomic E-state index is 11.9. The van der Waals surface area contributed by atoms with Crippen molar-refractivity contribution < 1.29 is 4.79 Å². The molecule has 0 bridgehead atoms. The molecule has 1 atom stereocenters. The van der Waals surface area contributed by atoms with E-state index in [0.717, 1.165) is 36.2 Å². The van der Waals surface area contributed by atoms with Gasteiger partial charge in [0.15, 0.2) is 0 Å². The summed E-state index contributed by atoms with van der Waals surface area (Å²) in [5.41, 5.74) is 11.3. The minimum atomic E-state index is -0.509. The highest BCUT2D eigenvalue weighted by molar-refractivity contribution is 5.98. The Hall–Kier alpha value is -4.05. The number of nitrogens with one attached hydrogen (secondary N) is 1. The van der Waals surface area contributed by atoms with Gasteiger partial charge in [0, 0.05) is 42.9 Å². The minimum Gasteiger partial charge on any atom is -0.381 e. The van der Waals surface area contributed by atoms with Gasteiger partial charge in [0.25, 0.3) is 5.91 Å². The summed E-state index contributed by atoms with van der Waals surface area (Å²) in [6, 6.07) is 11.9. The zero-order valence-corrected chi connectivity index (χ0v) is 17.0. The molecule has 3 aromatic rings. The average Bonchev–Trinajstić information content (AvgIpc) is 2.80. The van der Waals surface area contributed by atoms with E-state index >= 15 is 0 Å². The fourth-order valence-electron chi connectivity index (χ4n) is 3.72. The molecule has 0 spiro atoms. The summed E-state index contributed by atoms with van der Waals surface area (Å²) in [5.74, 6) is -0.509. The van der Waals surface area contributed by atoms with Gasteiger partial charge in [-0.05, 0) is 48.6 Å². The van der Waals surface area contributed by atoms with Gasteiger partial charge < -0.3 is 11.1 Å². The third-order valence-corrected chi connectivity index (χ3v) is 5.36. The maximum absolute atomic E-state index is 11.9. The largest absolute Gasteiger partial charge is 0.381 e. The first-order valence-electron chi connectivity index (χ1n) is 10.1. The van der Waals surface area contributed by atoms with Crippen LogP contribution in [0.4, 0.5) is 5.69 Å². The third-order valence-electron chi connectivity index (χ3n) is 5.36. The molecular formula is C24H22N6O. The Bertz CT molecular complexity index is 1150. The summed E-state index contributed by atoms with van der Waals surface area (Å²) >= 11 is 0. The quantitative estimate of drug-likeness (QED) is 0.642. The highest BCUT2D eigenvalue weighted by Gasteiger charge is 2.19. The van der Waals surface area contributed by atoms with E-state index in [9.17, 15) is 4.79 Å². The molecule has 31 heavy (non-hydrogen) atoms. The van der Waals surface area contributed by atoms with Crippen LogP contribution in [-0.4, -0.2) is 26.9 Å². The zero-order chi connectivity index (χ0) is 21.6. The summed E-state index contributed by atoms with van der Waals surface area (Å²) in [7, 11) is 0. The first kappa shape index (κ1) is 20.2. The van der Waals surface area contributed by atoms with Crippen molar-refractivity contribution >= 4 is 17.2 Å². The molecule has 4 rings (SSSR count). The Kier molecular flexibility index (Phi) is 5.99. The summed E-state index contributed by atoms with van der Waals surface area (Å²) in [4.78, 5) is 24.6. The number of hydrogen-bond acceptors (Lipinski definition) is 6. The number of nitriles is 1. The lowest BCUT2D eigenvalue weighted by molar-refractivity contribution is 0.100. The van der Waals surface area contributed by atoms with E-state index in [1.165, 1.54) is 11.8 Å². The van der Waals surface area contributed by atoms with Crippen molar-refractivity contribution in [2.45, 2.75) is 31.7 Å². The van der Waals surface area contributed by atoms with E-state index in [4.69, 9.17) is 11.0 Å². The van der Waals surface area contributed by atoms with Crippen LogP contribution >= 0.6 is 0 Å². The van der Waals surface area contributed by atoms with Gasteiger partial charge in [-0.15, -0.1) is 0 Å². The summed E-state index contributed by atoms with van der Waals surface area (Å²) in [5, 5.41) is 12.4. The van der Waals surface area contributed by atoms with Crippen molar-refractivity contribution in [1.29, 1.82) is 5.26 Å². The maximum Gasteiger partial charge on any atom is 0.252 e. The van der Waals surface area contributed by atoms with E-state index < -0.39 is 5.91 Å². The number of allylic oxidation sites excluding steroid dienone is 1. The van der Waals surface area contributed by atoms with Crippen molar-refractivity contribution in [3.63, 3.8) is 0 Å². The van der Waals surface area contributed by atoms with Crippen LogP contribution in [0.25, 0.3) is 5.57 Å². The number of hydrogen-bond donors (Lipinski definition) is 2. The minimum absolute atomic E-state index is 0.187. The fourth-order valence-corrected chi connectivity index (χ4v) is 3.72. The number of nitrogens with zero attached hydrogens (tertiary/aromatic N) is 4. The van der Waals surface area contributed by atoms with Crippen molar-refractivity contribution in [3.05, 3.63) is 89.3 Å². The molecule has 2 heterocycles. The number of primary amides is 1. The van der Waals surface area contributed by atoms with Gasteiger partial charge in [-0.25, -0.2) is 0 Å². The summed E-state index contributed by atoms with van der Waals surface area (Å²) in [6.45, 7) is 0. The van der Waals surface area contributed by atoms with Crippen LogP contribution in [0.15, 0.2) is 61.2 Å². The highest BCUT2D eigenvalue weighted by atomic mass is 16.1. The Morgan fingerprint density at radius 3 is 2.65 bits per heavy atom. The van der Waals surface area contributed by atoms with Crippen LogP contribution in [-0.2, 0) is 6.42 Å². The molecule has 3 N–H and O–H groups in total. The highest BCUT2D eigenvalue weighted by Crippen LogP contribution is 2.29. The SMILES string of the molecule is N#Cc1ccc(C2=CCC(Nc3cc(Cc4cnccn4)ncc3C(N)=O)CC2)cc1. The van der Waals surface area contributed by atoms with E-state index in [1.807, 2.05) is 30.3 Å². The van der Waals surface area contributed by atoms with Gasteiger partial charge >= 0.3 is 0 Å². The predicted octanol–water partition coefficient (Wildman–Crippen LogP) is 3.48. The average molecular weight is 410 g/mol. The number of carbonyl (C=O) groups excluding carboxylic acids is 1. The number of aromatic nitrogens is 3. The predicted molar refractivity (Wildman–Crippen MR) is 118 cm³/mol. The second-order valence-electron chi connectivity index (χ2n) is 7.49. The number of carbonyl (C=O) groups is 1. The van der Waals surface area contributed by atoms with E-state index in [0.29, 0.717) is 23.2 Å². The van der Waals surface area contributed by atoms with Crippen LogP contribution in [0, 0.1) is 11.3 Å². The van der Waals surface area contributed by atoms with Crippen molar-refractivity contribution in [1.82, 2.24) is 15.0 Å². The van der Waals surface area contributed by atoms with E-state index in [1.54, 1.807) is 18.6 Å². The Balaban J connectivity index is 1.49. The Labute approximate surface area is 180 Å². The van der Waals surface area contributed by atoms with Crippen molar-refractivity contribution in [2.75, 3.05) is 5.32 Å². The number of benzene rings is 1. The first-order chi connectivity index (χ1) is 15.1. The molecule has 0 radical (unpaired) electrons. The lowest BCUT2D eigenvalue weighted by Gasteiger charge is -2.25. The molecular weight excluding hydrogens is 388 g/mol. The van der Waals surface area contributed by atoms with Crippen LogP contribution in [0.5, 0.6) is 0 Å². The molecule has 1 amide bonds. The molecule has 1 aromatic carbocycles. The topological polar surface area (TPSA) is 118 Å². The number of amides is 1. The lowest BCUT2D eigenvalue weighted by atomic mass is 9.90. The lowest BCUT2D eigenvalue weighted by Crippen LogP contribution is -2.24. The van der Waals surface area contributed by atoms with Gasteiger partial charge in [-0.3, -0.25) is 19.7 Å². The zero-order valence-electron chi connectivity index (χ0n) is 17.0. The molecule has 0 fully saturated rings. The molecule has 0 saturated heterocycles. The van der Waals surface area contributed by atoms with Crippen LogP contribution in [0.2, 0.25) is 0 Å². The molecule has 7 heteroatoms. The van der Waals surface area contributed by atoms with Crippen LogP contribution in [0.1, 0.15) is 52.1 Å². The van der Waals surface area contributed by atoms with Gasteiger partial charge in [-0.2, -0.15) is 5.26 Å². The van der Waals surface area contributed by atoms with Crippen molar-refractivity contribution in [3.8, 4) is 6.07 Å². The third kappa shape index (κ3) is 4.93. The summed E-state index contributed by atoms with van der Waals surface area (Å²) in [6.07, 6.45) is 11.9. The Morgan fingerprint density at radius 1 is 1.16 bits per heavy atom. The number of rotatable bonds is 6. The van der Waals surface area contributed by atoms with Gasteiger partial charge in [0.1, 0.15) is 0 Å².